The van der Waals surface area contributed by atoms with Crippen molar-refractivity contribution in [3.8, 4) is 0 Å². The number of benzene rings is 1. The van der Waals surface area contributed by atoms with Gasteiger partial charge in [-0.25, -0.2) is 0 Å². The Bertz CT molecular complexity index is 1230. The molecule has 1 unspecified atom stereocenters. The molecule has 5 rings (SSSR count). The van der Waals surface area contributed by atoms with Gasteiger partial charge in [0.05, 0.1) is 11.2 Å². The van der Waals surface area contributed by atoms with Crippen LogP contribution in [0, 0.1) is 0 Å². The smallest absolute Gasteiger partial charge is 0.370 e. The highest BCUT2D eigenvalue weighted by Crippen LogP contribution is 2.33. The van der Waals surface area contributed by atoms with E-state index in [1.165, 1.54) is 22.7 Å². The van der Waals surface area contributed by atoms with Crippen molar-refractivity contribution in [2.24, 2.45) is 7.05 Å². The fourth-order valence-corrected chi connectivity index (χ4v) is 4.45. The lowest BCUT2D eigenvalue weighted by molar-refractivity contribution is -0.141. The van der Waals surface area contributed by atoms with Crippen molar-refractivity contribution in [1.29, 1.82) is 0 Å². The zero-order chi connectivity index (χ0) is 22.5. The third-order valence-corrected chi connectivity index (χ3v) is 6.09. The van der Waals surface area contributed by atoms with Crippen LogP contribution in [-0.2, 0) is 26.1 Å². The summed E-state index contributed by atoms with van der Waals surface area (Å²) in [6.07, 6.45) is 1.40. The zero-order valence-electron chi connectivity index (χ0n) is 17.4. The van der Waals surface area contributed by atoms with Crippen LogP contribution in [0.25, 0.3) is 16.5 Å². The second-order valence-electron chi connectivity index (χ2n) is 8.00. The fourth-order valence-electron chi connectivity index (χ4n) is 4.45. The molecule has 2 aliphatic rings. The molecule has 2 aliphatic heterocycles. The standard InChI is InChI=1S/C23H22F3N5O/c1-30-19-7-10-27-9-6-17(19)16-3-2-15(13-20(16)30)31-11-8-14(12-22(31)32)18-4-5-21(29-28-18)23(24,25)26/h2-5,8,11-13,22,27,32H,6-7,9-10H2,1H3. The van der Waals surface area contributed by atoms with Crippen LogP contribution in [-0.4, -0.2) is 39.2 Å². The van der Waals surface area contributed by atoms with Gasteiger partial charge in [-0.1, -0.05) is 6.07 Å². The Morgan fingerprint density at radius 2 is 1.91 bits per heavy atom. The SMILES string of the molecule is Cn1c2c(c3ccc(N4C=CC(c5ccc(C(F)(F)F)nn5)=CC4O)cc31)CCNCC2. The minimum absolute atomic E-state index is 0.267. The van der Waals surface area contributed by atoms with Crippen LogP contribution < -0.4 is 10.2 Å². The molecule has 0 fully saturated rings. The average molecular weight is 441 g/mol. The van der Waals surface area contributed by atoms with E-state index in [1.54, 1.807) is 23.3 Å². The summed E-state index contributed by atoms with van der Waals surface area (Å²) in [5, 5.41) is 22.3. The number of anilines is 1. The fraction of sp³-hybridized carbons (Fsp3) is 0.304. The van der Waals surface area contributed by atoms with Crippen LogP contribution in [0.5, 0.6) is 0 Å². The second kappa shape index (κ2) is 7.75. The first-order chi connectivity index (χ1) is 15.3. The minimum atomic E-state index is -4.54. The highest BCUT2D eigenvalue weighted by atomic mass is 19.4. The van der Waals surface area contributed by atoms with Gasteiger partial charge in [-0.3, -0.25) is 0 Å². The number of hydrogen-bond donors (Lipinski definition) is 2. The number of allylic oxidation sites excluding steroid dienone is 2. The van der Waals surface area contributed by atoms with Crippen LogP contribution in [0.1, 0.15) is 22.6 Å². The maximum Gasteiger partial charge on any atom is 0.435 e. The molecule has 1 aromatic carbocycles. The van der Waals surface area contributed by atoms with Gasteiger partial charge in [-0.2, -0.15) is 13.2 Å². The van der Waals surface area contributed by atoms with Gasteiger partial charge in [0.15, 0.2) is 11.9 Å². The summed E-state index contributed by atoms with van der Waals surface area (Å²) in [7, 11) is 2.07. The maximum absolute atomic E-state index is 12.7. The number of aryl methyl sites for hydroxylation is 1. The number of alkyl halides is 3. The normalized spacial score (nSPS) is 19.1. The zero-order valence-corrected chi connectivity index (χ0v) is 17.4. The topological polar surface area (TPSA) is 66.2 Å². The molecular formula is C23H22F3N5O. The minimum Gasteiger partial charge on any atom is -0.370 e. The van der Waals surface area contributed by atoms with Crippen molar-refractivity contribution < 1.29 is 18.3 Å². The Kier molecular flexibility index (Phi) is 5.02. The van der Waals surface area contributed by atoms with E-state index in [0.29, 0.717) is 5.57 Å². The maximum atomic E-state index is 12.7. The van der Waals surface area contributed by atoms with E-state index in [2.05, 4.69) is 39.3 Å². The summed E-state index contributed by atoms with van der Waals surface area (Å²) in [6.45, 7) is 1.92. The molecule has 32 heavy (non-hydrogen) atoms. The van der Waals surface area contributed by atoms with E-state index in [9.17, 15) is 18.3 Å². The van der Waals surface area contributed by atoms with E-state index >= 15 is 0 Å². The van der Waals surface area contributed by atoms with E-state index < -0.39 is 18.1 Å². The molecule has 0 saturated carbocycles. The third kappa shape index (κ3) is 3.57. The Labute approximate surface area is 182 Å². The van der Waals surface area contributed by atoms with Gasteiger partial charge in [0.2, 0.25) is 0 Å². The van der Waals surface area contributed by atoms with Crippen LogP contribution in [0.3, 0.4) is 0 Å². The molecular weight excluding hydrogens is 419 g/mol. The van der Waals surface area contributed by atoms with Crippen LogP contribution in [0.2, 0.25) is 0 Å². The van der Waals surface area contributed by atoms with Gasteiger partial charge >= 0.3 is 6.18 Å². The number of fused-ring (bicyclic) bond motifs is 3. The highest BCUT2D eigenvalue weighted by molar-refractivity contribution is 5.89. The van der Waals surface area contributed by atoms with Crippen LogP contribution >= 0.6 is 0 Å². The lowest BCUT2D eigenvalue weighted by Crippen LogP contribution is -2.30. The number of nitrogens with one attached hydrogen (secondary N) is 1. The van der Waals surface area contributed by atoms with E-state index in [-0.39, 0.29) is 5.69 Å². The van der Waals surface area contributed by atoms with E-state index in [0.717, 1.165) is 43.2 Å². The van der Waals surface area contributed by atoms with Crippen LogP contribution in [0.4, 0.5) is 18.9 Å². The number of hydrogen-bond acceptors (Lipinski definition) is 5. The van der Waals surface area contributed by atoms with Crippen molar-refractivity contribution in [2.75, 3.05) is 18.0 Å². The Balaban J connectivity index is 1.43. The molecule has 0 aliphatic carbocycles. The Morgan fingerprint density at radius 1 is 1.09 bits per heavy atom. The first-order valence-corrected chi connectivity index (χ1v) is 10.4. The summed E-state index contributed by atoms with van der Waals surface area (Å²) in [5.41, 5.74) is 4.37. The van der Waals surface area contributed by atoms with Crippen LogP contribution in [0.15, 0.2) is 48.7 Å². The number of aliphatic hydroxyl groups excluding tert-OH is 1. The van der Waals surface area contributed by atoms with Crippen molar-refractivity contribution in [3.05, 3.63) is 71.3 Å². The van der Waals surface area contributed by atoms with E-state index in [4.69, 9.17) is 0 Å². The van der Waals surface area contributed by atoms with Crippen molar-refractivity contribution in [3.63, 3.8) is 0 Å². The number of halogens is 3. The average Bonchev–Trinajstić information content (AvgIpc) is 2.93. The second-order valence-corrected chi connectivity index (χ2v) is 8.00. The van der Waals surface area contributed by atoms with Gasteiger partial charge in [0, 0.05) is 48.6 Å². The molecule has 4 heterocycles. The molecule has 2 aromatic heterocycles. The largest absolute Gasteiger partial charge is 0.435 e. The summed E-state index contributed by atoms with van der Waals surface area (Å²) in [6, 6.07) is 8.27. The Morgan fingerprint density at radius 3 is 2.62 bits per heavy atom. The van der Waals surface area contributed by atoms with Gasteiger partial charge in [-0.15, -0.1) is 10.2 Å². The number of nitrogens with zero attached hydrogens (tertiary/aromatic N) is 4. The molecule has 0 saturated heterocycles. The van der Waals surface area contributed by atoms with Gasteiger partial charge < -0.3 is 19.9 Å². The summed E-state index contributed by atoms with van der Waals surface area (Å²) < 4.78 is 40.4. The number of aromatic nitrogens is 3. The molecule has 9 heteroatoms. The lowest BCUT2D eigenvalue weighted by Gasteiger charge is -2.28. The molecule has 0 amide bonds. The van der Waals surface area contributed by atoms with Crippen molar-refractivity contribution in [1.82, 2.24) is 20.1 Å². The molecule has 2 N–H and O–H groups in total. The van der Waals surface area contributed by atoms with Crippen molar-refractivity contribution >= 4 is 22.2 Å². The highest BCUT2D eigenvalue weighted by Gasteiger charge is 2.33. The number of aliphatic hydroxyl groups is 1. The van der Waals surface area contributed by atoms with Crippen molar-refractivity contribution in [2.45, 2.75) is 25.2 Å². The first-order valence-electron chi connectivity index (χ1n) is 10.4. The monoisotopic (exact) mass is 441 g/mol. The number of rotatable bonds is 2. The Hall–Kier alpha value is -3.17. The summed E-state index contributed by atoms with van der Waals surface area (Å²) >= 11 is 0. The molecule has 0 spiro atoms. The van der Waals surface area contributed by atoms with Gasteiger partial charge in [0.25, 0.3) is 0 Å². The molecule has 6 nitrogen and oxygen atoms in total. The van der Waals surface area contributed by atoms with Gasteiger partial charge in [-0.05, 0) is 54.9 Å². The lowest BCUT2D eigenvalue weighted by atomic mass is 10.1. The molecule has 3 aromatic rings. The third-order valence-electron chi connectivity index (χ3n) is 6.09. The molecule has 0 bridgehead atoms. The summed E-state index contributed by atoms with van der Waals surface area (Å²) in [4.78, 5) is 1.71. The molecule has 0 radical (unpaired) electrons. The predicted octanol–water partition coefficient (Wildman–Crippen LogP) is 3.41. The van der Waals surface area contributed by atoms with E-state index in [1.807, 2.05) is 6.07 Å². The molecule has 166 valence electrons. The quantitative estimate of drug-likeness (QED) is 0.638. The van der Waals surface area contributed by atoms with Gasteiger partial charge in [0.1, 0.15) is 0 Å². The first kappa shape index (κ1) is 20.7. The predicted molar refractivity (Wildman–Crippen MR) is 116 cm³/mol. The molecule has 1 atom stereocenters. The summed E-state index contributed by atoms with van der Waals surface area (Å²) in [5.74, 6) is 0.